The van der Waals surface area contributed by atoms with Crippen LogP contribution in [-0.4, -0.2) is 47.1 Å². The molecule has 17 heavy (non-hydrogen) atoms. The van der Waals surface area contributed by atoms with Crippen LogP contribution in [0.2, 0.25) is 0 Å². The smallest absolute Gasteiger partial charge is 0.308 e. The number of carboxylic acid groups (broad SMARTS) is 1. The van der Waals surface area contributed by atoms with Crippen LogP contribution in [0.5, 0.6) is 0 Å². The fraction of sp³-hybridized carbons (Fsp3) is 0.917. The van der Waals surface area contributed by atoms with Gasteiger partial charge in [-0.3, -0.25) is 4.79 Å². The Hall–Kier alpha value is 0.130. The maximum Gasteiger partial charge on any atom is 0.308 e. The normalized spacial score (nSPS) is 23.9. The molecule has 1 fully saturated rings. The summed E-state index contributed by atoms with van der Waals surface area (Å²) in [5.74, 6) is 0.370. The average Bonchev–Trinajstić information content (AvgIpc) is 2.75. The van der Waals surface area contributed by atoms with Crippen molar-refractivity contribution in [2.75, 3.05) is 19.8 Å². The molecule has 2 unspecified atom stereocenters. The van der Waals surface area contributed by atoms with Crippen molar-refractivity contribution in [3.05, 3.63) is 0 Å². The Bertz CT molecular complexity index is 243. The minimum atomic E-state index is -0.653. The van der Waals surface area contributed by atoms with Crippen molar-refractivity contribution in [1.82, 2.24) is 4.90 Å². The van der Waals surface area contributed by atoms with Gasteiger partial charge in [-0.2, -0.15) is 0 Å². The van der Waals surface area contributed by atoms with Crippen LogP contribution < -0.4 is 0 Å². The summed E-state index contributed by atoms with van der Waals surface area (Å²) in [4.78, 5) is 13.2. The molecule has 0 aliphatic carbocycles. The molecule has 0 radical (unpaired) electrons. The molecular formula is C12H23NO2S2. The molecule has 1 aliphatic rings. The number of hydrogen-bond donors (Lipinski definition) is 1. The summed E-state index contributed by atoms with van der Waals surface area (Å²) < 4.78 is 0. The van der Waals surface area contributed by atoms with Crippen LogP contribution in [0, 0.1) is 5.92 Å². The highest BCUT2D eigenvalue weighted by Crippen LogP contribution is 2.40. The lowest BCUT2D eigenvalue weighted by atomic mass is 9.93. The van der Waals surface area contributed by atoms with Crippen molar-refractivity contribution < 1.29 is 9.90 Å². The maximum atomic E-state index is 11.2. The van der Waals surface area contributed by atoms with Gasteiger partial charge >= 0.3 is 5.97 Å². The van der Waals surface area contributed by atoms with Crippen molar-refractivity contribution in [3.63, 3.8) is 0 Å². The number of rotatable bonds is 7. The lowest BCUT2D eigenvalue weighted by Gasteiger charge is -2.26. The van der Waals surface area contributed by atoms with E-state index < -0.39 is 5.97 Å². The second-order valence-electron chi connectivity index (χ2n) is 4.91. The molecule has 0 aromatic rings. The van der Waals surface area contributed by atoms with Crippen LogP contribution >= 0.6 is 21.6 Å². The summed E-state index contributed by atoms with van der Waals surface area (Å²) in [6, 6.07) is 0.109. The summed E-state index contributed by atoms with van der Waals surface area (Å²) >= 11 is 0. The van der Waals surface area contributed by atoms with E-state index in [-0.39, 0.29) is 12.0 Å². The zero-order valence-corrected chi connectivity index (χ0v) is 12.5. The molecule has 1 N–H and O–H groups in total. The number of nitrogens with zero attached hydrogens (tertiary/aromatic N) is 1. The first-order valence-electron chi connectivity index (χ1n) is 6.20. The van der Waals surface area contributed by atoms with Crippen LogP contribution in [0.15, 0.2) is 0 Å². The van der Waals surface area contributed by atoms with Crippen LogP contribution in [0.25, 0.3) is 0 Å². The quantitative estimate of drug-likeness (QED) is 0.725. The van der Waals surface area contributed by atoms with Gasteiger partial charge in [0.15, 0.2) is 0 Å². The Morgan fingerprint density at radius 3 is 2.71 bits per heavy atom. The molecule has 1 heterocycles. The molecule has 0 aromatic heterocycles. The van der Waals surface area contributed by atoms with Crippen LogP contribution in [-0.2, 0) is 4.79 Å². The standard InChI is InChI=1S/C12H23NO2S2/c1-9(13(2)3)11(12(14)15)6-4-5-10-7-8-16-17-10/h9-11H,4-8H2,1-3H3,(H,14,15)/t9?,10?,11-/m1/s1. The van der Waals surface area contributed by atoms with E-state index in [1.807, 2.05) is 47.5 Å². The molecule has 1 aliphatic heterocycles. The molecule has 0 aromatic carbocycles. The molecule has 0 amide bonds. The minimum absolute atomic E-state index is 0.109. The molecule has 3 atom stereocenters. The topological polar surface area (TPSA) is 40.5 Å². The van der Waals surface area contributed by atoms with Gasteiger partial charge in [0.2, 0.25) is 0 Å². The summed E-state index contributed by atoms with van der Waals surface area (Å²) in [7, 11) is 7.82. The Labute approximate surface area is 112 Å². The zero-order valence-electron chi connectivity index (χ0n) is 10.9. The third kappa shape index (κ3) is 5.10. The van der Waals surface area contributed by atoms with Crippen molar-refractivity contribution >= 4 is 27.6 Å². The van der Waals surface area contributed by atoms with Gasteiger partial charge in [-0.1, -0.05) is 28.0 Å². The van der Waals surface area contributed by atoms with Gasteiger partial charge in [-0.05, 0) is 40.3 Å². The molecule has 0 saturated carbocycles. The Morgan fingerprint density at radius 1 is 1.53 bits per heavy atom. The van der Waals surface area contributed by atoms with E-state index in [1.165, 1.54) is 18.6 Å². The van der Waals surface area contributed by atoms with E-state index in [1.54, 1.807) is 0 Å². The largest absolute Gasteiger partial charge is 0.481 e. The first-order valence-corrected chi connectivity index (χ1v) is 8.58. The lowest BCUT2D eigenvalue weighted by molar-refractivity contribution is -0.144. The van der Waals surface area contributed by atoms with Crippen molar-refractivity contribution in [2.24, 2.45) is 5.92 Å². The molecule has 100 valence electrons. The van der Waals surface area contributed by atoms with Gasteiger partial charge in [0, 0.05) is 17.0 Å². The number of aliphatic carboxylic acids is 1. The van der Waals surface area contributed by atoms with Crippen LogP contribution in [0.3, 0.4) is 0 Å². The lowest BCUT2D eigenvalue weighted by Crippen LogP contribution is -2.37. The number of carbonyl (C=O) groups is 1. The van der Waals surface area contributed by atoms with E-state index in [9.17, 15) is 9.90 Å². The summed E-state index contributed by atoms with van der Waals surface area (Å²) in [6.45, 7) is 2.00. The second-order valence-corrected chi connectivity index (χ2v) is 7.70. The fourth-order valence-electron chi connectivity index (χ4n) is 2.06. The monoisotopic (exact) mass is 277 g/mol. The van der Waals surface area contributed by atoms with E-state index in [2.05, 4.69) is 0 Å². The highest BCUT2D eigenvalue weighted by molar-refractivity contribution is 8.77. The van der Waals surface area contributed by atoms with E-state index in [4.69, 9.17) is 0 Å². The molecule has 1 rings (SSSR count). The predicted octanol–water partition coefficient (Wildman–Crippen LogP) is 2.96. The molecule has 0 bridgehead atoms. The maximum absolute atomic E-state index is 11.2. The van der Waals surface area contributed by atoms with E-state index >= 15 is 0 Å². The van der Waals surface area contributed by atoms with Gasteiger partial charge in [0.05, 0.1) is 5.92 Å². The predicted molar refractivity (Wildman–Crippen MR) is 76.6 cm³/mol. The Balaban J connectivity index is 2.31. The highest BCUT2D eigenvalue weighted by atomic mass is 33.1. The SMILES string of the molecule is CC([C@@H](CCCC1CCSS1)C(=O)O)N(C)C. The molecule has 1 saturated heterocycles. The van der Waals surface area contributed by atoms with Crippen LogP contribution in [0.1, 0.15) is 32.6 Å². The van der Waals surface area contributed by atoms with E-state index in [0.29, 0.717) is 0 Å². The Kier molecular flexibility index (Phi) is 6.74. The summed E-state index contributed by atoms with van der Waals surface area (Å²) in [5, 5.41) is 10.0. The number of carboxylic acids is 1. The number of hydrogen-bond acceptors (Lipinski definition) is 4. The first kappa shape index (κ1) is 15.2. The Morgan fingerprint density at radius 2 is 2.24 bits per heavy atom. The summed E-state index contributed by atoms with van der Waals surface area (Å²) in [5.41, 5.74) is 0. The molecule has 5 heteroatoms. The fourth-order valence-corrected chi connectivity index (χ4v) is 5.09. The van der Waals surface area contributed by atoms with Gasteiger partial charge in [-0.25, -0.2) is 0 Å². The average molecular weight is 277 g/mol. The summed E-state index contributed by atoms with van der Waals surface area (Å²) in [6.07, 6.45) is 4.29. The highest BCUT2D eigenvalue weighted by Gasteiger charge is 2.26. The molecule has 0 spiro atoms. The van der Waals surface area contributed by atoms with E-state index in [0.717, 1.165) is 18.1 Å². The van der Waals surface area contributed by atoms with Gasteiger partial charge < -0.3 is 10.0 Å². The van der Waals surface area contributed by atoms with Gasteiger partial charge in [0.1, 0.15) is 0 Å². The molecular weight excluding hydrogens is 254 g/mol. The zero-order chi connectivity index (χ0) is 12.8. The first-order chi connectivity index (χ1) is 8.02. The van der Waals surface area contributed by atoms with Gasteiger partial charge in [0.25, 0.3) is 0 Å². The third-order valence-corrected chi connectivity index (χ3v) is 6.49. The van der Waals surface area contributed by atoms with Crippen molar-refractivity contribution in [1.29, 1.82) is 0 Å². The van der Waals surface area contributed by atoms with Crippen molar-refractivity contribution in [3.8, 4) is 0 Å². The van der Waals surface area contributed by atoms with Gasteiger partial charge in [-0.15, -0.1) is 0 Å². The molecule has 3 nitrogen and oxygen atoms in total. The minimum Gasteiger partial charge on any atom is -0.481 e. The third-order valence-electron chi connectivity index (χ3n) is 3.48. The van der Waals surface area contributed by atoms with Crippen molar-refractivity contribution in [2.45, 2.75) is 43.9 Å². The second kappa shape index (κ2) is 7.54. The van der Waals surface area contributed by atoms with Crippen LogP contribution in [0.4, 0.5) is 0 Å².